The lowest BCUT2D eigenvalue weighted by Gasteiger charge is -2.16. The smallest absolute Gasteiger partial charge is 0.268 e. The summed E-state index contributed by atoms with van der Waals surface area (Å²) in [6.45, 7) is 0. The highest BCUT2D eigenvalue weighted by Gasteiger charge is 2.15. The average Bonchev–Trinajstić information content (AvgIpc) is 2.54. The Balaban J connectivity index is 2.27. The van der Waals surface area contributed by atoms with Crippen LogP contribution in [0.15, 0.2) is 60.2 Å². The first-order chi connectivity index (χ1) is 10.1. The number of para-hydroxylation sites is 1. The predicted molar refractivity (Wildman–Crippen MR) is 79.8 cm³/mol. The van der Waals surface area contributed by atoms with Gasteiger partial charge in [-0.25, -0.2) is 4.39 Å². The Morgan fingerprint density at radius 2 is 1.76 bits per heavy atom. The molecule has 0 heterocycles. The number of nitrogens with zero attached hydrogens (tertiary/aromatic N) is 2. The van der Waals surface area contributed by atoms with Crippen molar-refractivity contribution in [2.45, 2.75) is 0 Å². The first-order valence-corrected chi connectivity index (χ1v) is 6.32. The van der Waals surface area contributed by atoms with Gasteiger partial charge in [-0.1, -0.05) is 30.3 Å². The molecule has 0 radical (unpaired) electrons. The van der Waals surface area contributed by atoms with Crippen molar-refractivity contribution in [2.24, 2.45) is 0 Å². The number of halogens is 1. The van der Waals surface area contributed by atoms with E-state index in [0.717, 1.165) is 0 Å². The van der Waals surface area contributed by atoms with Gasteiger partial charge in [-0.2, -0.15) is 5.26 Å². The van der Waals surface area contributed by atoms with Gasteiger partial charge in [0.25, 0.3) is 5.91 Å². The highest BCUT2D eigenvalue weighted by molar-refractivity contribution is 6.10. The molecular formula is C17H13FN2O. The third kappa shape index (κ3) is 3.54. The molecule has 0 saturated heterocycles. The molecule has 0 unspecified atom stereocenters. The molecule has 0 atom stereocenters. The third-order valence-corrected chi connectivity index (χ3v) is 2.98. The van der Waals surface area contributed by atoms with Crippen molar-refractivity contribution < 1.29 is 9.18 Å². The molecular weight excluding hydrogens is 267 g/mol. The van der Waals surface area contributed by atoms with Crippen LogP contribution in [-0.4, -0.2) is 13.0 Å². The third-order valence-electron chi connectivity index (χ3n) is 2.98. The van der Waals surface area contributed by atoms with Gasteiger partial charge >= 0.3 is 0 Å². The van der Waals surface area contributed by atoms with Crippen LogP contribution in [0.2, 0.25) is 0 Å². The monoisotopic (exact) mass is 280 g/mol. The molecule has 104 valence electrons. The largest absolute Gasteiger partial charge is 0.311 e. The maximum Gasteiger partial charge on any atom is 0.268 e. The zero-order chi connectivity index (χ0) is 15.2. The minimum Gasteiger partial charge on any atom is -0.311 e. The van der Waals surface area contributed by atoms with E-state index in [1.54, 1.807) is 19.2 Å². The maximum atomic E-state index is 12.9. The Bertz CT molecular complexity index is 700. The fraction of sp³-hybridized carbons (Fsp3) is 0.0588. The number of hydrogen-bond acceptors (Lipinski definition) is 2. The number of likely N-dealkylation sites (N-methyl/N-ethyl adjacent to an activating group) is 1. The van der Waals surface area contributed by atoms with Crippen LogP contribution in [0.4, 0.5) is 10.1 Å². The van der Waals surface area contributed by atoms with Gasteiger partial charge in [0.1, 0.15) is 17.5 Å². The van der Waals surface area contributed by atoms with Crippen LogP contribution < -0.4 is 4.90 Å². The number of amides is 1. The summed E-state index contributed by atoms with van der Waals surface area (Å²) >= 11 is 0. The second-order valence-electron chi connectivity index (χ2n) is 4.42. The Morgan fingerprint density at radius 3 is 2.33 bits per heavy atom. The molecule has 21 heavy (non-hydrogen) atoms. The van der Waals surface area contributed by atoms with Gasteiger partial charge in [-0.15, -0.1) is 0 Å². The number of carbonyl (C=O) groups excluding carboxylic acids is 1. The Morgan fingerprint density at radius 1 is 1.14 bits per heavy atom. The van der Waals surface area contributed by atoms with E-state index >= 15 is 0 Å². The quantitative estimate of drug-likeness (QED) is 0.639. The fourth-order valence-corrected chi connectivity index (χ4v) is 1.82. The number of carbonyl (C=O) groups is 1. The lowest BCUT2D eigenvalue weighted by atomic mass is 10.1. The van der Waals surface area contributed by atoms with Crippen LogP contribution in [0.25, 0.3) is 6.08 Å². The minimum atomic E-state index is -0.409. The van der Waals surface area contributed by atoms with Crippen molar-refractivity contribution in [1.82, 2.24) is 0 Å². The number of rotatable bonds is 3. The van der Waals surface area contributed by atoms with Crippen LogP contribution in [0.5, 0.6) is 0 Å². The number of benzene rings is 2. The topological polar surface area (TPSA) is 44.1 Å². The van der Waals surface area contributed by atoms with E-state index in [2.05, 4.69) is 0 Å². The number of hydrogen-bond donors (Lipinski definition) is 0. The molecule has 0 N–H and O–H groups in total. The van der Waals surface area contributed by atoms with Gasteiger partial charge in [-0.3, -0.25) is 4.79 Å². The Kier molecular flexibility index (Phi) is 4.47. The van der Waals surface area contributed by atoms with Gasteiger partial charge in [0, 0.05) is 12.7 Å². The van der Waals surface area contributed by atoms with Crippen LogP contribution in [0.3, 0.4) is 0 Å². The van der Waals surface area contributed by atoms with Crippen molar-refractivity contribution in [2.75, 3.05) is 11.9 Å². The minimum absolute atomic E-state index is 0.00652. The molecule has 2 rings (SSSR count). The van der Waals surface area contributed by atoms with Gasteiger partial charge in [-0.05, 0) is 35.9 Å². The Hall–Kier alpha value is -2.93. The zero-order valence-electron chi connectivity index (χ0n) is 11.5. The summed E-state index contributed by atoms with van der Waals surface area (Å²) in [5, 5.41) is 9.17. The molecule has 0 aromatic heterocycles. The van der Waals surface area contributed by atoms with E-state index in [1.807, 2.05) is 24.3 Å². The molecule has 0 aliphatic carbocycles. The van der Waals surface area contributed by atoms with Gasteiger partial charge < -0.3 is 4.90 Å². The summed E-state index contributed by atoms with van der Waals surface area (Å²) in [4.78, 5) is 13.7. The summed E-state index contributed by atoms with van der Waals surface area (Å²) < 4.78 is 12.9. The van der Waals surface area contributed by atoms with Crippen molar-refractivity contribution in [3.8, 4) is 6.07 Å². The van der Waals surface area contributed by atoms with Gasteiger partial charge in [0.15, 0.2) is 0 Å². The summed E-state index contributed by atoms with van der Waals surface area (Å²) in [5.41, 5.74) is 1.29. The van der Waals surface area contributed by atoms with Gasteiger partial charge in [0.2, 0.25) is 0 Å². The highest BCUT2D eigenvalue weighted by atomic mass is 19.1. The fourth-order valence-electron chi connectivity index (χ4n) is 1.82. The van der Waals surface area contributed by atoms with Crippen molar-refractivity contribution in [1.29, 1.82) is 5.26 Å². The maximum absolute atomic E-state index is 12.9. The van der Waals surface area contributed by atoms with Gasteiger partial charge in [0.05, 0.1) is 0 Å². The van der Waals surface area contributed by atoms with Crippen LogP contribution in [0.1, 0.15) is 5.56 Å². The van der Waals surface area contributed by atoms with Crippen LogP contribution >= 0.6 is 0 Å². The van der Waals surface area contributed by atoms with Crippen LogP contribution in [0, 0.1) is 17.1 Å². The predicted octanol–water partition coefficient (Wildman–Crippen LogP) is 3.40. The van der Waals surface area contributed by atoms with Crippen LogP contribution in [-0.2, 0) is 4.79 Å². The molecule has 2 aromatic rings. The van der Waals surface area contributed by atoms with E-state index in [9.17, 15) is 9.18 Å². The number of anilines is 1. The molecule has 0 spiro atoms. The first kappa shape index (κ1) is 14.5. The molecule has 0 aliphatic heterocycles. The SMILES string of the molecule is CN(C(=O)/C(C#N)=C/c1ccc(F)cc1)c1ccccc1. The number of nitriles is 1. The lowest BCUT2D eigenvalue weighted by molar-refractivity contribution is -0.114. The molecule has 2 aromatic carbocycles. The second kappa shape index (κ2) is 6.49. The second-order valence-corrected chi connectivity index (χ2v) is 4.42. The Labute approximate surface area is 122 Å². The van der Waals surface area contributed by atoms with E-state index in [0.29, 0.717) is 11.3 Å². The molecule has 3 nitrogen and oxygen atoms in total. The average molecular weight is 280 g/mol. The van der Waals surface area contributed by atoms with E-state index < -0.39 is 5.91 Å². The van der Waals surface area contributed by atoms with E-state index in [4.69, 9.17) is 5.26 Å². The standard InChI is InChI=1S/C17H13FN2O/c1-20(16-5-3-2-4-6-16)17(21)14(12-19)11-13-7-9-15(18)10-8-13/h2-11H,1H3/b14-11+. The van der Waals surface area contributed by atoms with Crippen molar-refractivity contribution in [3.63, 3.8) is 0 Å². The lowest BCUT2D eigenvalue weighted by Crippen LogP contribution is -2.27. The van der Waals surface area contributed by atoms with E-state index in [1.165, 1.54) is 35.2 Å². The first-order valence-electron chi connectivity index (χ1n) is 6.32. The molecule has 0 saturated carbocycles. The van der Waals surface area contributed by atoms with Crippen molar-refractivity contribution in [3.05, 3.63) is 71.6 Å². The van der Waals surface area contributed by atoms with E-state index in [-0.39, 0.29) is 11.4 Å². The summed E-state index contributed by atoms with van der Waals surface area (Å²) in [6, 6.07) is 16.5. The zero-order valence-corrected chi connectivity index (χ0v) is 11.5. The molecule has 1 amide bonds. The molecule has 0 aliphatic rings. The molecule has 0 bridgehead atoms. The normalized spacial score (nSPS) is 10.8. The molecule has 0 fully saturated rings. The summed E-state index contributed by atoms with van der Waals surface area (Å²) in [6.07, 6.45) is 1.45. The summed E-state index contributed by atoms with van der Waals surface area (Å²) in [5.74, 6) is -0.772. The molecule has 4 heteroatoms. The van der Waals surface area contributed by atoms with Crippen molar-refractivity contribution >= 4 is 17.7 Å². The summed E-state index contributed by atoms with van der Waals surface area (Å²) in [7, 11) is 1.60. The highest BCUT2D eigenvalue weighted by Crippen LogP contribution is 2.16.